The first-order valence-corrected chi connectivity index (χ1v) is 5.26. The van der Waals surface area contributed by atoms with E-state index in [-0.39, 0.29) is 11.0 Å². The Hall–Kier alpha value is -1.62. The van der Waals surface area contributed by atoms with Crippen molar-refractivity contribution in [2.75, 3.05) is 0 Å². The van der Waals surface area contributed by atoms with E-state index in [1.165, 1.54) is 6.20 Å². The summed E-state index contributed by atoms with van der Waals surface area (Å²) in [6.45, 7) is 2.57. The maximum Gasteiger partial charge on any atom is 0.352 e. The van der Waals surface area contributed by atoms with Crippen molar-refractivity contribution in [3.63, 3.8) is 0 Å². The molecule has 0 radical (unpaired) electrons. The van der Waals surface area contributed by atoms with Crippen LogP contribution in [0.2, 0.25) is 5.28 Å². The van der Waals surface area contributed by atoms with E-state index >= 15 is 0 Å². The summed E-state index contributed by atoms with van der Waals surface area (Å²) in [5, 5.41) is 9.88. The second-order valence-electron chi connectivity index (χ2n) is 3.40. The Morgan fingerprint density at radius 2 is 2.38 bits per heavy atom. The van der Waals surface area contributed by atoms with Crippen molar-refractivity contribution in [2.24, 2.45) is 0 Å². The summed E-state index contributed by atoms with van der Waals surface area (Å²) in [4.78, 5) is 18.9. The summed E-state index contributed by atoms with van der Waals surface area (Å²) >= 11 is 5.70. The van der Waals surface area contributed by atoms with Crippen molar-refractivity contribution in [1.82, 2.24) is 14.5 Å². The van der Waals surface area contributed by atoms with Gasteiger partial charge in [0.1, 0.15) is 11.3 Å². The van der Waals surface area contributed by atoms with Crippen molar-refractivity contribution in [2.45, 2.75) is 19.9 Å². The SMILES string of the molecule is CCCn1c(C(=O)O)cc2cnc(Cl)nc21. The number of aryl methyl sites for hydroxylation is 1. The molecule has 0 spiro atoms. The number of rotatable bonds is 3. The fourth-order valence-electron chi connectivity index (χ4n) is 1.65. The van der Waals surface area contributed by atoms with E-state index in [1.807, 2.05) is 6.92 Å². The third-order valence-corrected chi connectivity index (χ3v) is 2.45. The summed E-state index contributed by atoms with van der Waals surface area (Å²) in [6.07, 6.45) is 2.36. The number of hydrogen-bond donors (Lipinski definition) is 1. The molecule has 0 amide bonds. The zero-order valence-corrected chi connectivity index (χ0v) is 9.40. The molecule has 6 heteroatoms. The van der Waals surface area contributed by atoms with E-state index in [1.54, 1.807) is 10.6 Å². The highest BCUT2D eigenvalue weighted by Crippen LogP contribution is 2.19. The number of carboxylic acid groups (broad SMARTS) is 1. The minimum atomic E-state index is -0.970. The van der Waals surface area contributed by atoms with Gasteiger partial charge in [-0.3, -0.25) is 0 Å². The largest absolute Gasteiger partial charge is 0.477 e. The molecule has 0 fully saturated rings. The van der Waals surface area contributed by atoms with Gasteiger partial charge >= 0.3 is 5.97 Å². The van der Waals surface area contributed by atoms with Gasteiger partial charge in [0.2, 0.25) is 5.28 Å². The van der Waals surface area contributed by atoms with Crippen LogP contribution >= 0.6 is 11.6 Å². The Labute approximate surface area is 96.7 Å². The van der Waals surface area contributed by atoms with Crippen LogP contribution < -0.4 is 0 Å². The van der Waals surface area contributed by atoms with E-state index in [0.717, 1.165) is 6.42 Å². The molecule has 16 heavy (non-hydrogen) atoms. The fourth-order valence-corrected chi connectivity index (χ4v) is 1.77. The van der Waals surface area contributed by atoms with Gasteiger partial charge in [-0.2, -0.15) is 4.98 Å². The number of hydrogen-bond acceptors (Lipinski definition) is 3. The number of carbonyl (C=O) groups is 1. The molecule has 1 N–H and O–H groups in total. The minimum Gasteiger partial charge on any atom is -0.477 e. The monoisotopic (exact) mass is 239 g/mol. The predicted molar refractivity (Wildman–Crippen MR) is 59.8 cm³/mol. The second-order valence-corrected chi connectivity index (χ2v) is 3.74. The quantitative estimate of drug-likeness (QED) is 0.834. The van der Waals surface area contributed by atoms with Crippen molar-refractivity contribution in [1.29, 1.82) is 0 Å². The predicted octanol–water partition coefficient (Wildman–Crippen LogP) is 2.19. The van der Waals surface area contributed by atoms with Gasteiger partial charge in [-0.05, 0) is 24.1 Å². The number of halogens is 1. The smallest absolute Gasteiger partial charge is 0.352 e. The molecule has 0 aliphatic heterocycles. The Bertz CT molecular complexity index is 550. The number of nitrogens with zero attached hydrogens (tertiary/aromatic N) is 3. The Kier molecular flexibility index (Phi) is 2.78. The topological polar surface area (TPSA) is 68.0 Å². The molecule has 0 saturated heterocycles. The lowest BCUT2D eigenvalue weighted by molar-refractivity contribution is 0.0685. The van der Waals surface area contributed by atoms with Crippen molar-refractivity contribution in [3.05, 3.63) is 23.2 Å². The lowest BCUT2D eigenvalue weighted by atomic mass is 10.4. The maximum atomic E-state index is 11.0. The summed E-state index contributed by atoms with van der Waals surface area (Å²) in [5.41, 5.74) is 0.785. The van der Waals surface area contributed by atoms with Gasteiger partial charge in [0, 0.05) is 18.1 Å². The van der Waals surface area contributed by atoms with Gasteiger partial charge in [0.05, 0.1) is 0 Å². The van der Waals surface area contributed by atoms with Crippen LogP contribution in [0.4, 0.5) is 0 Å². The minimum absolute atomic E-state index is 0.125. The number of aromatic carboxylic acids is 1. The molecular formula is C10H10ClN3O2. The van der Waals surface area contributed by atoms with Gasteiger partial charge in [-0.25, -0.2) is 9.78 Å². The molecule has 0 aliphatic carbocycles. The first kappa shape index (κ1) is 10.9. The first-order chi connectivity index (χ1) is 7.63. The summed E-state index contributed by atoms with van der Waals surface area (Å²) in [5.74, 6) is -0.970. The van der Waals surface area contributed by atoms with Crippen LogP contribution in [-0.4, -0.2) is 25.6 Å². The molecule has 0 aromatic carbocycles. The molecule has 84 valence electrons. The fraction of sp³-hybridized carbons (Fsp3) is 0.300. The molecule has 2 rings (SSSR count). The van der Waals surface area contributed by atoms with Gasteiger partial charge in [0.15, 0.2) is 0 Å². The molecule has 2 heterocycles. The highest BCUT2D eigenvalue weighted by molar-refractivity contribution is 6.28. The van der Waals surface area contributed by atoms with Crippen molar-refractivity contribution < 1.29 is 9.90 Å². The summed E-state index contributed by atoms with van der Waals surface area (Å²) in [6, 6.07) is 1.56. The van der Waals surface area contributed by atoms with Crippen LogP contribution in [0.3, 0.4) is 0 Å². The number of aromatic nitrogens is 3. The molecule has 5 nitrogen and oxygen atoms in total. The Morgan fingerprint density at radius 3 is 3.00 bits per heavy atom. The third kappa shape index (κ3) is 1.74. The average molecular weight is 240 g/mol. The lowest BCUT2D eigenvalue weighted by Crippen LogP contribution is -2.08. The van der Waals surface area contributed by atoms with Crippen LogP contribution in [0.1, 0.15) is 23.8 Å². The van der Waals surface area contributed by atoms with Crippen LogP contribution in [0.5, 0.6) is 0 Å². The van der Waals surface area contributed by atoms with Crippen LogP contribution in [0.15, 0.2) is 12.3 Å². The van der Waals surface area contributed by atoms with E-state index in [4.69, 9.17) is 16.7 Å². The van der Waals surface area contributed by atoms with E-state index in [0.29, 0.717) is 17.6 Å². The van der Waals surface area contributed by atoms with Crippen molar-refractivity contribution in [3.8, 4) is 0 Å². The zero-order valence-electron chi connectivity index (χ0n) is 8.64. The van der Waals surface area contributed by atoms with E-state index in [9.17, 15) is 4.79 Å². The van der Waals surface area contributed by atoms with Crippen LogP contribution in [0.25, 0.3) is 11.0 Å². The molecule has 2 aromatic rings. The molecule has 0 unspecified atom stereocenters. The molecule has 2 aromatic heterocycles. The van der Waals surface area contributed by atoms with Crippen LogP contribution in [0, 0.1) is 0 Å². The molecular weight excluding hydrogens is 230 g/mol. The Morgan fingerprint density at radius 1 is 1.62 bits per heavy atom. The highest BCUT2D eigenvalue weighted by atomic mass is 35.5. The highest BCUT2D eigenvalue weighted by Gasteiger charge is 2.15. The van der Waals surface area contributed by atoms with Crippen molar-refractivity contribution >= 4 is 28.6 Å². The number of carboxylic acids is 1. The second kappa shape index (κ2) is 4.09. The van der Waals surface area contributed by atoms with E-state index in [2.05, 4.69) is 9.97 Å². The molecule has 0 atom stereocenters. The Balaban J connectivity index is 2.71. The first-order valence-electron chi connectivity index (χ1n) is 4.88. The third-order valence-electron chi connectivity index (χ3n) is 2.27. The standard InChI is InChI=1S/C10H10ClN3O2/c1-2-3-14-7(9(15)16)4-6-5-12-10(11)13-8(6)14/h4-5H,2-3H2,1H3,(H,15,16). The average Bonchev–Trinajstić information content (AvgIpc) is 2.58. The normalized spacial score (nSPS) is 10.9. The summed E-state index contributed by atoms with van der Waals surface area (Å²) in [7, 11) is 0. The van der Waals surface area contributed by atoms with Gasteiger partial charge in [0.25, 0.3) is 0 Å². The van der Waals surface area contributed by atoms with Gasteiger partial charge in [-0.15, -0.1) is 0 Å². The number of fused-ring (bicyclic) bond motifs is 1. The maximum absolute atomic E-state index is 11.0. The molecule has 0 aliphatic rings. The molecule has 0 bridgehead atoms. The lowest BCUT2D eigenvalue weighted by Gasteiger charge is -2.04. The molecule has 0 saturated carbocycles. The van der Waals surface area contributed by atoms with Gasteiger partial charge < -0.3 is 9.67 Å². The summed E-state index contributed by atoms with van der Waals surface area (Å²) < 4.78 is 1.64. The van der Waals surface area contributed by atoms with Gasteiger partial charge in [-0.1, -0.05) is 6.92 Å². The van der Waals surface area contributed by atoms with E-state index < -0.39 is 5.97 Å². The zero-order chi connectivity index (χ0) is 11.7. The van der Waals surface area contributed by atoms with Crippen LogP contribution in [-0.2, 0) is 6.54 Å².